The summed E-state index contributed by atoms with van der Waals surface area (Å²) in [5, 5.41) is 3.66. The van der Waals surface area contributed by atoms with Crippen molar-refractivity contribution in [2.45, 2.75) is 53.8 Å². The molecule has 0 aliphatic carbocycles. The molecule has 7 rings (SSSR count). The summed E-state index contributed by atoms with van der Waals surface area (Å²) in [6, 6.07) is 41.9. The Hall–Kier alpha value is -4.15. The summed E-state index contributed by atoms with van der Waals surface area (Å²) in [5.74, 6) is 0. The van der Waals surface area contributed by atoms with E-state index in [1.54, 1.807) is 0 Å². The van der Waals surface area contributed by atoms with Gasteiger partial charge in [0.2, 0.25) is 0 Å². The van der Waals surface area contributed by atoms with Crippen molar-refractivity contribution in [2.24, 2.45) is 5.41 Å². The maximum atomic E-state index is 6.37. The largest absolute Gasteiger partial charge is 0.501 e. The molecule has 0 amide bonds. The zero-order valence-corrected chi connectivity index (χ0v) is 32.2. The third kappa shape index (κ3) is 8.10. The number of aromatic nitrogens is 2. The molecule has 0 saturated carbocycles. The molecular weight excluding hydrogens is 781 g/mol. The van der Waals surface area contributed by atoms with E-state index in [4.69, 9.17) is 4.42 Å². The van der Waals surface area contributed by atoms with Gasteiger partial charge < -0.3 is 14.4 Å². The molecule has 0 atom stereocenters. The number of pyridine rings is 2. The van der Waals surface area contributed by atoms with E-state index in [0.29, 0.717) is 0 Å². The van der Waals surface area contributed by atoms with Crippen molar-refractivity contribution >= 4 is 35.2 Å². The number of benzene rings is 4. The van der Waals surface area contributed by atoms with Crippen molar-refractivity contribution in [3.8, 4) is 33.6 Å². The monoisotopic (exact) mass is 823 g/mol. The first-order valence-electron chi connectivity index (χ1n) is 16.3. The normalized spacial score (nSPS) is 11.6. The predicted octanol–water partition coefficient (Wildman–Crippen LogP) is 11.1. The summed E-state index contributed by atoms with van der Waals surface area (Å²) < 4.78 is 6.37. The first kappa shape index (κ1) is 35.2. The van der Waals surface area contributed by atoms with Gasteiger partial charge >= 0.3 is 0 Å². The first-order valence-corrected chi connectivity index (χ1v) is 19.8. The Morgan fingerprint density at radius 3 is 2.19 bits per heavy atom. The second kappa shape index (κ2) is 14.5. The molecule has 48 heavy (non-hydrogen) atoms. The van der Waals surface area contributed by atoms with Gasteiger partial charge in [0.1, 0.15) is 5.58 Å². The van der Waals surface area contributed by atoms with Crippen molar-refractivity contribution in [3.63, 3.8) is 0 Å². The van der Waals surface area contributed by atoms with Gasteiger partial charge in [-0.15, -0.1) is 54.1 Å². The van der Waals surface area contributed by atoms with E-state index in [1.807, 2.05) is 36.5 Å². The van der Waals surface area contributed by atoms with Gasteiger partial charge in [0.05, 0.1) is 13.7 Å². The molecule has 7 aromatic rings. The molecule has 3 aromatic heterocycles. The summed E-state index contributed by atoms with van der Waals surface area (Å²) in [6.07, 6.45) is 4.94. The van der Waals surface area contributed by atoms with E-state index < -0.39 is 8.07 Å². The van der Waals surface area contributed by atoms with Crippen LogP contribution in [0, 0.1) is 24.5 Å². The van der Waals surface area contributed by atoms with Crippen molar-refractivity contribution in [1.82, 2.24) is 9.97 Å². The second-order valence-electron chi connectivity index (χ2n) is 14.5. The number of hydrogen-bond donors (Lipinski definition) is 0. The number of aryl methyl sites for hydroxylation is 1. The predicted molar refractivity (Wildman–Crippen MR) is 201 cm³/mol. The molecule has 0 spiro atoms. The van der Waals surface area contributed by atoms with Crippen molar-refractivity contribution in [3.05, 3.63) is 139 Å². The molecular formula is C43H42IrN2OSi-2. The SMILES string of the molecule is CC(C)(C)Cc1ccnc(-c2[c-]ccc3c2oc2cc(-c4ccccc4)ccc23)c1.Cc1cc(-c2[c-]cccc2)ncc1[Si](C)(C)C.[Ir]. The summed E-state index contributed by atoms with van der Waals surface area (Å²) >= 11 is 0. The van der Waals surface area contributed by atoms with E-state index in [2.05, 4.69) is 148 Å². The Morgan fingerprint density at radius 2 is 1.50 bits per heavy atom. The van der Waals surface area contributed by atoms with Crippen LogP contribution in [0.5, 0.6) is 0 Å². The van der Waals surface area contributed by atoms with Crippen LogP contribution in [0.3, 0.4) is 0 Å². The molecule has 0 bridgehead atoms. The smallest absolute Gasteiger partial charge is 0.121 e. The van der Waals surface area contributed by atoms with Crippen LogP contribution in [0.1, 0.15) is 31.9 Å². The molecule has 0 fully saturated rings. The molecule has 1 radical (unpaired) electrons. The first-order chi connectivity index (χ1) is 22.5. The quantitative estimate of drug-likeness (QED) is 0.128. The zero-order valence-electron chi connectivity index (χ0n) is 28.8. The van der Waals surface area contributed by atoms with Crippen LogP contribution in [0.15, 0.2) is 120 Å². The second-order valence-corrected chi connectivity index (χ2v) is 19.5. The fourth-order valence-corrected chi connectivity index (χ4v) is 7.82. The topological polar surface area (TPSA) is 38.9 Å². The van der Waals surface area contributed by atoms with Gasteiger partial charge in [0.15, 0.2) is 0 Å². The molecule has 3 nitrogen and oxygen atoms in total. The Labute approximate surface area is 299 Å². The summed E-state index contributed by atoms with van der Waals surface area (Å²) in [4.78, 5) is 9.21. The molecule has 3 heterocycles. The van der Waals surface area contributed by atoms with Gasteiger partial charge in [-0.2, -0.15) is 0 Å². The third-order valence-electron chi connectivity index (χ3n) is 8.26. The van der Waals surface area contributed by atoms with Crippen LogP contribution in [0.4, 0.5) is 0 Å². The van der Waals surface area contributed by atoms with Crippen molar-refractivity contribution in [2.75, 3.05) is 0 Å². The Morgan fingerprint density at radius 1 is 0.729 bits per heavy atom. The van der Waals surface area contributed by atoms with Crippen LogP contribution < -0.4 is 5.19 Å². The fraction of sp³-hybridized carbons (Fsp3) is 0.209. The minimum atomic E-state index is -1.27. The van der Waals surface area contributed by atoms with Crippen LogP contribution in [-0.2, 0) is 26.5 Å². The number of furan rings is 1. The van der Waals surface area contributed by atoms with Crippen LogP contribution in [-0.4, -0.2) is 18.0 Å². The summed E-state index contributed by atoms with van der Waals surface area (Å²) in [7, 11) is -1.27. The van der Waals surface area contributed by atoms with Crippen LogP contribution >= 0.6 is 0 Å². The van der Waals surface area contributed by atoms with Gasteiger partial charge in [0.25, 0.3) is 0 Å². The summed E-state index contributed by atoms with van der Waals surface area (Å²) in [5.41, 5.74) is 10.8. The van der Waals surface area contributed by atoms with E-state index in [1.165, 1.54) is 21.9 Å². The summed E-state index contributed by atoms with van der Waals surface area (Å²) in [6.45, 7) is 16.0. The van der Waals surface area contributed by atoms with Crippen LogP contribution in [0.25, 0.3) is 55.6 Å². The minimum absolute atomic E-state index is 0. The van der Waals surface area contributed by atoms with E-state index in [9.17, 15) is 0 Å². The van der Waals surface area contributed by atoms with Crippen molar-refractivity contribution in [1.29, 1.82) is 0 Å². The molecule has 0 unspecified atom stereocenters. The van der Waals surface area contributed by atoms with Crippen molar-refractivity contribution < 1.29 is 24.5 Å². The number of fused-ring (bicyclic) bond motifs is 3. The minimum Gasteiger partial charge on any atom is -0.501 e. The van der Waals surface area contributed by atoms with Gasteiger partial charge in [-0.3, -0.25) is 0 Å². The van der Waals surface area contributed by atoms with Gasteiger partial charge in [-0.1, -0.05) is 117 Å². The molecule has 4 aromatic carbocycles. The molecule has 245 valence electrons. The average Bonchev–Trinajstić information content (AvgIpc) is 3.43. The van der Waals surface area contributed by atoms with E-state index >= 15 is 0 Å². The maximum Gasteiger partial charge on any atom is 0.121 e. The van der Waals surface area contributed by atoms with Gasteiger partial charge in [-0.05, 0) is 58.6 Å². The van der Waals surface area contributed by atoms with E-state index in [0.717, 1.165) is 56.4 Å². The van der Waals surface area contributed by atoms with E-state index in [-0.39, 0.29) is 25.5 Å². The number of rotatable bonds is 5. The number of hydrogen-bond acceptors (Lipinski definition) is 3. The Kier molecular flexibility index (Phi) is 10.6. The molecule has 0 aliphatic rings. The third-order valence-corrected chi connectivity index (χ3v) is 10.4. The Balaban J connectivity index is 0.000000214. The average molecular weight is 823 g/mol. The van der Waals surface area contributed by atoms with Gasteiger partial charge in [-0.25, -0.2) is 0 Å². The standard InChI is InChI=1S/C28H24NO.C15H18NSi.Ir/c1-28(2,3)18-19-14-15-29-25(16-19)24-11-7-10-23-22-13-12-21(17-26(22)30-27(23)24)20-8-5-4-6-9-20;1-12-10-14(13-8-6-5-7-9-13)16-11-15(12)17(2,3)4;/h4-10,12-17H,18H2,1-3H3;5-8,10-11H,1-4H3;/q2*-1;. The van der Waals surface area contributed by atoms with Crippen LogP contribution in [0.2, 0.25) is 19.6 Å². The fourth-order valence-electron chi connectivity index (χ4n) is 6.12. The number of nitrogens with zero attached hydrogens (tertiary/aromatic N) is 2. The maximum absolute atomic E-state index is 6.37. The molecule has 0 aliphatic heterocycles. The zero-order chi connectivity index (χ0) is 33.2. The molecule has 5 heteroatoms. The molecule has 0 N–H and O–H groups in total. The Bertz CT molecular complexity index is 2140. The molecule has 0 saturated heterocycles. The van der Waals surface area contributed by atoms with Gasteiger partial charge in [0, 0.05) is 37.9 Å².